The molecule has 0 atom stereocenters. The molecule has 0 saturated carbocycles. The van der Waals surface area contributed by atoms with Crippen LogP contribution in [0.1, 0.15) is 36.1 Å². The first kappa shape index (κ1) is 23.8. The van der Waals surface area contributed by atoms with Gasteiger partial charge in [0.15, 0.2) is 6.61 Å². The van der Waals surface area contributed by atoms with Gasteiger partial charge >= 0.3 is 0 Å². The van der Waals surface area contributed by atoms with E-state index in [1.54, 1.807) is 19.1 Å². The lowest BCUT2D eigenvalue weighted by atomic mass is 10.0. The average Bonchev–Trinajstić information content (AvgIpc) is 3.28. The van der Waals surface area contributed by atoms with Crippen molar-refractivity contribution in [1.29, 1.82) is 0 Å². The number of nitrogens with zero attached hydrogens (tertiary/aromatic N) is 1. The number of aryl methyl sites for hydroxylation is 3. The van der Waals surface area contributed by atoms with Crippen LogP contribution in [0.5, 0.6) is 5.75 Å². The fraction of sp³-hybridized carbons (Fsp3) is 0.296. The summed E-state index contributed by atoms with van der Waals surface area (Å²) in [6.45, 7) is 6.17. The maximum Gasteiger partial charge on any atom is 0.264 e. The third-order valence-electron chi connectivity index (χ3n) is 6.20. The summed E-state index contributed by atoms with van der Waals surface area (Å²) in [5.41, 5.74) is 5.44. The van der Waals surface area contributed by atoms with E-state index in [-0.39, 0.29) is 17.4 Å². The standard InChI is InChI=1S/C27H30N2O4S/c1-4-20-10-8-11-21(5-2)27(20)28-26(30)18-33-25-14-13-23(17-19(25)3)34(31,32)29-16-15-22-9-6-7-12-24(22)29/h6-14,17H,4-5,15-16,18H2,1-3H3,(H,28,30). The second kappa shape index (κ2) is 9.89. The van der Waals surface area contributed by atoms with Crippen LogP contribution >= 0.6 is 0 Å². The second-order valence-corrected chi connectivity index (χ2v) is 10.2. The van der Waals surface area contributed by atoms with Crippen LogP contribution in [0.4, 0.5) is 11.4 Å². The van der Waals surface area contributed by atoms with Crippen molar-refractivity contribution in [2.24, 2.45) is 0 Å². The molecule has 1 N–H and O–H groups in total. The van der Waals surface area contributed by atoms with E-state index in [9.17, 15) is 13.2 Å². The first-order valence-electron chi connectivity index (χ1n) is 11.6. The SMILES string of the molecule is CCc1cccc(CC)c1NC(=O)COc1ccc(S(=O)(=O)N2CCc3ccccc32)cc1C. The van der Waals surface area contributed by atoms with Crippen LogP contribution < -0.4 is 14.4 Å². The zero-order valence-corrected chi connectivity index (χ0v) is 20.6. The molecule has 6 nitrogen and oxygen atoms in total. The molecule has 0 aliphatic carbocycles. The topological polar surface area (TPSA) is 75.7 Å². The van der Waals surface area contributed by atoms with Crippen LogP contribution in [0, 0.1) is 6.92 Å². The number of hydrogen-bond acceptors (Lipinski definition) is 4. The number of amides is 1. The number of para-hydroxylation sites is 2. The number of anilines is 2. The third kappa shape index (κ3) is 4.66. The number of fused-ring (bicyclic) bond motifs is 1. The minimum absolute atomic E-state index is 0.159. The molecule has 0 bridgehead atoms. The summed E-state index contributed by atoms with van der Waals surface area (Å²) < 4.78 is 33.8. The van der Waals surface area contributed by atoms with Gasteiger partial charge < -0.3 is 10.1 Å². The maximum absolute atomic E-state index is 13.3. The smallest absolute Gasteiger partial charge is 0.264 e. The van der Waals surface area contributed by atoms with Gasteiger partial charge in [-0.2, -0.15) is 0 Å². The molecule has 0 fully saturated rings. The van der Waals surface area contributed by atoms with Gasteiger partial charge in [0.2, 0.25) is 0 Å². The second-order valence-electron chi connectivity index (χ2n) is 8.38. The molecule has 0 saturated heterocycles. The Bertz CT molecular complexity index is 1300. The van der Waals surface area contributed by atoms with Gasteiger partial charge in [-0.15, -0.1) is 0 Å². The molecule has 0 aromatic heterocycles. The summed E-state index contributed by atoms with van der Waals surface area (Å²) in [7, 11) is -3.68. The van der Waals surface area contributed by atoms with Crippen molar-refractivity contribution < 1.29 is 17.9 Å². The van der Waals surface area contributed by atoms with E-state index in [1.807, 2.05) is 42.5 Å². The minimum Gasteiger partial charge on any atom is -0.483 e. The van der Waals surface area contributed by atoms with Crippen molar-refractivity contribution in [2.75, 3.05) is 22.8 Å². The molecule has 3 aromatic carbocycles. The number of hydrogen-bond donors (Lipinski definition) is 1. The molecular weight excluding hydrogens is 448 g/mol. The quantitative estimate of drug-likeness (QED) is 0.500. The molecule has 178 valence electrons. The van der Waals surface area contributed by atoms with E-state index in [0.29, 0.717) is 24.3 Å². The molecule has 0 unspecified atom stereocenters. The number of carbonyl (C=O) groups is 1. The minimum atomic E-state index is -3.68. The highest BCUT2D eigenvalue weighted by molar-refractivity contribution is 7.92. The van der Waals surface area contributed by atoms with E-state index < -0.39 is 10.0 Å². The predicted molar refractivity (Wildman–Crippen MR) is 135 cm³/mol. The van der Waals surface area contributed by atoms with Crippen LogP contribution in [-0.2, 0) is 34.1 Å². The highest BCUT2D eigenvalue weighted by Gasteiger charge is 2.30. The lowest BCUT2D eigenvalue weighted by molar-refractivity contribution is -0.118. The van der Waals surface area contributed by atoms with Gasteiger partial charge in [-0.1, -0.05) is 50.2 Å². The number of nitrogens with one attached hydrogen (secondary N) is 1. The number of ether oxygens (including phenoxy) is 1. The van der Waals surface area contributed by atoms with Gasteiger partial charge in [0, 0.05) is 12.2 Å². The van der Waals surface area contributed by atoms with Crippen molar-refractivity contribution in [1.82, 2.24) is 0 Å². The summed E-state index contributed by atoms with van der Waals surface area (Å²) >= 11 is 0. The fourth-order valence-electron chi connectivity index (χ4n) is 4.35. The first-order chi connectivity index (χ1) is 16.3. The molecule has 1 aliphatic heterocycles. The van der Waals surface area contributed by atoms with Crippen molar-refractivity contribution in [3.63, 3.8) is 0 Å². The molecule has 1 amide bonds. The number of carbonyl (C=O) groups excluding carboxylic acids is 1. The normalized spacial score (nSPS) is 13.0. The Morgan fingerprint density at radius 3 is 2.38 bits per heavy atom. The van der Waals surface area contributed by atoms with E-state index in [0.717, 1.165) is 40.9 Å². The zero-order chi connectivity index (χ0) is 24.3. The molecule has 7 heteroatoms. The third-order valence-corrected chi connectivity index (χ3v) is 8.01. The Balaban J connectivity index is 1.46. The summed E-state index contributed by atoms with van der Waals surface area (Å²) in [5.74, 6) is 0.232. The molecule has 3 aromatic rings. The molecule has 0 spiro atoms. The predicted octanol–water partition coefficient (Wildman–Crippen LogP) is 4.89. The van der Waals surface area contributed by atoms with Crippen LogP contribution in [0.15, 0.2) is 65.6 Å². The molecule has 0 radical (unpaired) electrons. The number of rotatable bonds is 8. The van der Waals surface area contributed by atoms with Gasteiger partial charge in [-0.25, -0.2) is 8.42 Å². The molecule has 4 rings (SSSR count). The van der Waals surface area contributed by atoms with Gasteiger partial charge in [-0.3, -0.25) is 9.10 Å². The average molecular weight is 479 g/mol. The van der Waals surface area contributed by atoms with Gasteiger partial charge in [-0.05, 0) is 72.7 Å². The van der Waals surface area contributed by atoms with Crippen molar-refractivity contribution in [3.8, 4) is 5.75 Å². The lowest BCUT2D eigenvalue weighted by Crippen LogP contribution is -2.29. The first-order valence-corrected chi connectivity index (χ1v) is 13.0. The van der Waals surface area contributed by atoms with E-state index in [2.05, 4.69) is 19.2 Å². The van der Waals surface area contributed by atoms with Gasteiger partial charge in [0.1, 0.15) is 5.75 Å². The van der Waals surface area contributed by atoms with Gasteiger partial charge in [0.25, 0.3) is 15.9 Å². The summed E-state index contributed by atoms with van der Waals surface area (Å²) in [5, 5.41) is 2.99. The van der Waals surface area contributed by atoms with E-state index in [1.165, 1.54) is 10.4 Å². The Labute approximate surface area is 201 Å². The Morgan fingerprint density at radius 1 is 1.00 bits per heavy atom. The summed E-state index contributed by atoms with van der Waals surface area (Å²) in [4.78, 5) is 12.8. The zero-order valence-electron chi connectivity index (χ0n) is 19.8. The monoisotopic (exact) mass is 478 g/mol. The Kier molecular flexibility index (Phi) is 6.93. The highest BCUT2D eigenvalue weighted by Crippen LogP contribution is 2.33. The van der Waals surface area contributed by atoms with Crippen LogP contribution in [0.3, 0.4) is 0 Å². The maximum atomic E-state index is 13.3. The highest BCUT2D eigenvalue weighted by atomic mass is 32.2. The van der Waals surface area contributed by atoms with Crippen LogP contribution in [0.25, 0.3) is 0 Å². The molecule has 1 aliphatic rings. The van der Waals surface area contributed by atoms with E-state index >= 15 is 0 Å². The number of benzene rings is 3. The number of sulfonamides is 1. The van der Waals surface area contributed by atoms with Crippen molar-refractivity contribution in [2.45, 2.75) is 44.9 Å². The van der Waals surface area contributed by atoms with Gasteiger partial charge in [0.05, 0.1) is 10.6 Å². The summed E-state index contributed by atoms with van der Waals surface area (Å²) in [6.07, 6.45) is 2.34. The van der Waals surface area contributed by atoms with Crippen LogP contribution in [0.2, 0.25) is 0 Å². The fourth-order valence-corrected chi connectivity index (χ4v) is 5.94. The Hall–Kier alpha value is -3.32. The Morgan fingerprint density at radius 2 is 1.71 bits per heavy atom. The lowest BCUT2D eigenvalue weighted by Gasteiger charge is -2.20. The summed E-state index contributed by atoms with van der Waals surface area (Å²) in [6, 6.07) is 18.4. The van der Waals surface area contributed by atoms with E-state index in [4.69, 9.17) is 4.74 Å². The van der Waals surface area contributed by atoms with Crippen molar-refractivity contribution in [3.05, 3.63) is 82.9 Å². The van der Waals surface area contributed by atoms with Crippen LogP contribution in [-0.4, -0.2) is 27.5 Å². The molecule has 1 heterocycles. The van der Waals surface area contributed by atoms with Crippen molar-refractivity contribution >= 4 is 27.3 Å². The molecule has 34 heavy (non-hydrogen) atoms. The largest absolute Gasteiger partial charge is 0.483 e. The molecular formula is C27H30N2O4S.